The zero-order valence-corrected chi connectivity index (χ0v) is 15.2. The van der Waals surface area contributed by atoms with Gasteiger partial charge in [-0.25, -0.2) is 4.98 Å². The number of nitrogens with one attached hydrogen (secondary N) is 1. The lowest BCUT2D eigenvalue weighted by Gasteiger charge is -2.26. The molecule has 0 bridgehead atoms. The maximum Gasteiger partial charge on any atom is 0.252 e. The van der Waals surface area contributed by atoms with E-state index in [9.17, 15) is 4.79 Å². The monoisotopic (exact) mass is 376 g/mol. The number of pyridine rings is 2. The third-order valence-electron chi connectivity index (χ3n) is 4.43. The number of rotatable bonds is 5. The summed E-state index contributed by atoms with van der Waals surface area (Å²) < 4.78 is 11.6. The van der Waals surface area contributed by atoms with Crippen molar-refractivity contribution in [2.75, 3.05) is 18.9 Å². The quantitative estimate of drug-likeness (QED) is 0.710. The number of fused-ring (bicyclic) bond motifs is 1. The van der Waals surface area contributed by atoms with Gasteiger partial charge in [-0.15, -0.1) is 0 Å². The third kappa shape index (κ3) is 4.03. The Morgan fingerprint density at radius 2 is 1.93 bits per heavy atom. The van der Waals surface area contributed by atoms with Gasteiger partial charge in [0.15, 0.2) is 11.5 Å². The average molecular weight is 376 g/mol. The molecule has 0 radical (unpaired) electrons. The first kappa shape index (κ1) is 17.8. The smallest absolute Gasteiger partial charge is 0.252 e. The van der Waals surface area contributed by atoms with Crippen molar-refractivity contribution >= 4 is 11.7 Å². The van der Waals surface area contributed by atoms with E-state index in [-0.39, 0.29) is 12.0 Å². The molecule has 1 amide bonds. The van der Waals surface area contributed by atoms with Crippen LogP contribution in [0.15, 0.2) is 60.9 Å². The lowest BCUT2D eigenvalue weighted by atomic mass is 10.1. The summed E-state index contributed by atoms with van der Waals surface area (Å²) >= 11 is 0. The zero-order chi connectivity index (χ0) is 19.3. The topological polar surface area (TPSA) is 99.4 Å². The molecule has 0 aliphatic carbocycles. The molecular weight excluding hydrogens is 356 g/mol. The molecule has 4 rings (SSSR count). The van der Waals surface area contributed by atoms with Crippen LogP contribution in [0.4, 0.5) is 5.82 Å². The Morgan fingerprint density at radius 3 is 2.68 bits per heavy atom. The number of ether oxygens (including phenoxy) is 2. The lowest BCUT2D eigenvalue weighted by molar-refractivity contribution is 0.0812. The number of nitrogens with two attached hydrogens (primary N) is 1. The number of nitrogen functional groups attached to an aromatic ring is 1. The maximum absolute atomic E-state index is 12.3. The van der Waals surface area contributed by atoms with Crippen molar-refractivity contribution in [1.82, 2.24) is 15.3 Å². The Labute approximate surface area is 162 Å². The van der Waals surface area contributed by atoms with E-state index in [1.807, 2.05) is 30.3 Å². The molecule has 0 unspecified atom stereocenters. The highest BCUT2D eigenvalue weighted by atomic mass is 16.6. The number of aromatic nitrogens is 2. The summed E-state index contributed by atoms with van der Waals surface area (Å²) in [5.74, 6) is 1.77. The summed E-state index contributed by atoms with van der Waals surface area (Å²) in [6, 6.07) is 14.7. The summed E-state index contributed by atoms with van der Waals surface area (Å²) in [7, 11) is 0. The van der Waals surface area contributed by atoms with Crippen LogP contribution in [0.2, 0.25) is 0 Å². The minimum Gasteiger partial charge on any atom is -0.486 e. The first-order valence-corrected chi connectivity index (χ1v) is 9.04. The number of carbonyl (C=O) groups is 1. The van der Waals surface area contributed by atoms with Crippen LogP contribution in [-0.2, 0) is 0 Å². The molecule has 0 fully saturated rings. The van der Waals surface area contributed by atoms with Gasteiger partial charge in [-0.1, -0.05) is 12.1 Å². The molecule has 3 N–H and O–H groups in total. The Bertz CT molecular complexity index is 958. The van der Waals surface area contributed by atoms with Crippen molar-refractivity contribution in [3.63, 3.8) is 0 Å². The van der Waals surface area contributed by atoms with Crippen molar-refractivity contribution in [2.45, 2.75) is 12.5 Å². The van der Waals surface area contributed by atoms with Crippen molar-refractivity contribution in [3.8, 4) is 22.8 Å². The maximum atomic E-state index is 12.3. The molecule has 0 saturated carbocycles. The van der Waals surface area contributed by atoms with Crippen LogP contribution in [0, 0.1) is 0 Å². The molecule has 7 nitrogen and oxygen atoms in total. The summed E-state index contributed by atoms with van der Waals surface area (Å²) in [6.45, 7) is 0.956. The van der Waals surface area contributed by atoms with Crippen LogP contribution < -0.4 is 20.5 Å². The molecule has 1 aliphatic heterocycles. The zero-order valence-electron chi connectivity index (χ0n) is 15.2. The van der Waals surface area contributed by atoms with Crippen molar-refractivity contribution < 1.29 is 14.3 Å². The van der Waals surface area contributed by atoms with E-state index < -0.39 is 0 Å². The molecular formula is C21H20N4O3. The fourth-order valence-electron chi connectivity index (χ4n) is 2.91. The largest absolute Gasteiger partial charge is 0.486 e. The Morgan fingerprint density at radius 1 is 1.07 bits per heavy atom. The number of para-hydroxylation sites is 2. The fraction of sp³-hybridized carbons (Fsp3) is 0.190. The van der Waals surface area contributed by atoms with Gasteiger partial charge in [-0.3, -0.25) is 9.78 Å². The number of benzene rings is 1. The Balaban J connectivity index is 1.29. The third-order valence-corrected chi connectivity index (χ3v) is 4.43. The highest BCUT2D eigenvalue weighted by Crippen LogP contribution is 2.31. The highest BCUT2D eigenvalue weighted by molar-refractivity contribution is 5.94. The van der Waals surface area contributed by atoms with Crippen LogP contribution in [-0.4, -0.2) is 35.1 Å². The van der Waals surface area contributed by atoms with Gasteiger partial charge in [0.1, 0.15) is 18.5 Å². The standard InChI is InChI=1S/C21H20N4O3/c22-20-8-6-14(11-25-20)17-7-5-15(12-24-17)21(26)23-10-9-16-13-27-18-3-1-2-4-19(18)28-16/h1-8,11-12,16H,9-10,13H2,(H2,22,25)(H,23,26)/t16-/m1/s1. The second kappa shape index (κ2) is 7.96. The second-order valence-electron chi connectivity index (χ2n) is 6.45. The van der Waals surface area contributed by atoms with E-state index in [4.69, 9.17) is 15.2 Å². The van der Waals surface area contributed by atoms with Gasteiger partial charge in [0.25, 0.3) is 5.91 Å². The normalized spacial score (nSPS) is 15.1. The van der Waals surface area contributed by atoms with E-state index in [2.05, 4.69) is 15.3 Å². The summed E-state index contributed by atoms with van der Waals surface area (Å²) in [5, 5.41) is 2.89. The summed E-state index contributed by atoms with van der Waals surface area (Å²) in [5.41, 5.74) is 7.67. The molecule has 1 aliphatic rings. The van der Waals surface area contributed by atoms with Crippen LogP contribution in [0.1, 0.15) is 16.8 Å². The summed E-state index contributed by atoms with van der Waals surface area (Å²) in [4.78, 5) is 20.7. The molecule has 3 heterocycles. The fourth-order valence-corrected chi connectivity index (χ4v) is 2.91. The van der Waals surface area contributed by atoms with Gasteiger partial charge in [0.2, 0.25) is 0 Å². The first-order valence-electron chi connectivity index (χ1n) is 9.04. The number of nitrogens with zero attached hydrogens (tertiary/aromatic N) is 2. The molecule has 3 aromatic rings. The molecule has 0 saturated heterocycles. The number of amides is 1. The van der Waals surface area contributed by atoms with Gasteiger partial charge in [-0.2, -0.15) is 0 Å². The van der Waals surface area contributed by atoms with Gasteiger partial charge in [-0.05, 0) is 36.4 Å². The van der Waals surface area contributed by atoms with E-state index in [0.717, 1.165) is 22.8 Å². The molecule has 28 heavy (non-hydrogen) atoms. The van der Waals surface area contributed by atoms with E-state index >= 15 is 0 Å². The van der Waals surface area contributed by atoms with Crippen molar-refractivity contribution in [3.05, 3.63) is 66.5 Å². The Kier molecular flexibility index (Phi) is 5.05. The molecule has 7 heteroatoms. The number of hydrogen-bond acceptors (Lipinski definition) is 6. The van der Waals surface area contributed by atoms with Gasteiger partial charge < -0.3 is 20.5 Å². The number of hydrogen-bond donors (Lipinski definition) is 2. The molecule has 1 atom stereocenters. The molecule has 142 valence electrons. The minimum absolute atomic E-state index is 0.0892. The lowest BCUT2D eigenvalue weighted by Crippen LogP contribution is -2.34. The van der Waals surface area contributed by atoms with Crippen LogP contribution in [0.25, 0.3) is 11.3 Å². The SMILES string of the molecule is Nc1ccc(-c2ccc(C(=O)NCC[C@@H]3COc4ccccc4O3)cn2)cn1. The Hall–Kier alpha value is -3.61. The highest BCUT2D eigenvalue weighted by Gasteiger charge is 2.20. The average Bonchev–Trinajstić information content (AvgIpc) is 2.74. The van der Waals surface area contributed by atoms with E-state index in [0.29, 0.717) is 31.0 Å². The van der Waals surface area contributed by atoms with Crippen LogP contribution >= 0.6 is 0 Å². The van der Waals surface area contributed by atoms with Crippen molar-refractivity contribution in [1.29, 1.82) is 0 Å². The van der Waals surface area contributed by atoms with Gasteiger partial charge >= 0.3 is 0 Å². The van der Waals surface area contributed by atoms with Crippen molar-refractivity contribution in [2.24, 2.45) is 0 Å². The van der Waals surface area contributed by atoms with Gasteiger partial charge in [0.05, 0.1) is 11.3 Å². The first-order chi connectivity index (χ1) is 13.7. The van der Waals surface area contributed by atoms with E-state index in [1.54, 1.807) is 30.6 Å². The number of anilines is 1. The molecule has 1 aromatic carbocycles. The van der Waals surface area contributed by atoms with Crippen LogP contribution in [0.3, 0.4) is 0 Å². The summed E-state index contributed by atoms with van der Waals surface area (Å²) in [6.07, 6.45) is 3.77. The predicted molar refractivity (Wildman–Crippen MR) is 105 cm³/mol. The van der Waals surface area contributed by atoms with E-state index in [1.165, 1.54) is 0 Å². The predicted octanol–water partition coefficient (Wildman–Crippen LogP) is 2.69. The van der Waals surface area contributed by atoms with Crippen LogP contribution in [0.5, 0.6) is 11.5 Å². The second-order valence-corrected chi connectivity index (χ2v) is 6.45. The van der Waals surface area contributed by atoms with Gasteiger partial charge in [0, 0.05) is 30.9 Å². The minimum atomic E-state index is -0.174. The number of carbonyl (C=O) groups excluding carboxylic acids is 1. The molecule has 2 aromatic heterocycles. The molecule has 0 spiro atoms.